The second-order valence-electron chi connectivity index (χ2n) is 8.42. The maximum atomic E-state index is 13.0. The fourth-order valence-electron chi connectivity index (χ4n) is 4.22. The van der Waals surface area contributed by atoms with Crippen molar-refractivity contribution in [1.29, 1.82) is 0 Å². The van der Waals surface area contributed by atoms with Gasteiger partial charge in [0.15, 0.2) is 0 Å². The third-order valence-corrected chi connectivity index (χ3v) is 5.92. The molecule has 2 fully saturated rings. The van der Waals surface area contributed by atoms with E-state index in [-0.39, 0.29) is 36.4 Å². The fraction of sp³-hybridized carbons (Fsp3) is 0.619. The van der Waals surface area contributed by atoms with Crippen LogP contribution in [-0.4, -0.2) is 30.4 Å². The molecule has 1 saturated heterocycles. The minimum atomic E-state index is -4.97. The highest BCUT2D eigenvalue weighted by Gasteiger charge is 2.37. The summed E-state index contributed by atoms with van der Waals surface area (Å²) < 4.78 is 77.7. The minimum absolute atomic E-state index is 0.00187. The molecule has 0 bridgehead atoms. The Bertz CT molecular complexity index is 794. The molecule has 1 heterocycles. The van der Waals surface area contributed by atoms with Crippen molar-refractivity contribution < 1.29 is 35.9 Å². The minimum Gasteiger partial charge on any atom is -0.352 e. The number of nitrogens with one attached hydrogen (secondary N) is 3. The SMILES string of the molecule is O=C(CC1CCC(NC(=O)[C@H]2CCCN2)CC1)Nc1cc(C(F)(F)F)cc(C(F)(F)F)c1. The van der Waals surface area contributed by atoms with E-state index in [1.54, 1.807) is 0 Å². The van der Waals surface area contributed by atoms with Gasteiger partial charge >= 0.3 is 12.4 Å². The topological polar surface area (TPSA) is 70.2 Å². The molecule has 2 amide bonds. The molecule has 178 valence electrons. The molecule has 5 nitrogen and oxygen atoms in total. The van der Waals surface area contributed by atoms with E-state index in [1.807, 2.05) is 0 Å². The zero-order valence-electron chi connectivity index (χ0n) is 17.2. The van der Waals surface area contributed by atoms with Gasteiger partial charge in [-0.2, -0.15) is 26.3 Å². The summed E-state index contributed by atoms with van der Waals surface area (Å²) in [6, 6.07) is 0.842. The second-order valence-corrected chi connectivity index (χ2v) is 8.42. The summed E-state index contributed by atoms with van der Waals surface area (Å²) in [5.41, 5.74) is -3.49. The summed E-state index contributed by atoms with van der Waals surface area (Å²) in [7, 11) is 0. The van der Waals surface area contributed by atoms with Crippen LogP contribution in [0.15, 0.2) is 18.2 Å². The lowest BCUT2D eigenvalue weighted by Crippen LogP contribution is -2.46. The third-order valence-electron chi connectivity index (χ3n) is 5.92. The molecule has 1 atom stereocenters. The van der Waals surface area contributed by atoms with E-state index in [2.05, 4.69) is 16.0 Å². The van der Waals surface area contributed by atoms with Crippen LogP contribution < -0.4 is 16.0 Å². The average molecular weight is 465 g/mol. The summed E-state index contributed by atoms with van der Waals surface area (Å²) in [6.45, 7) is 0.816. The Balaban J connectivity index is 1.53. The number of amides is 2. The van der Waals surface area contributed by atoms with Crippen molar-refractivity contribution in [3.05, 3.63) is 29.3 Å². The summed E-state index contributed by atoms with van der Waals surface area (Å²) in [5, 5.41) is 8.30. The van der Waals surface area contributed by atoms with Gasteiger partial charge in [0.1, 0.15) is 0 Å². The number of halogens is 6. The molecule has 2 aliphatic rings. The fourth-order valence-corrected chi connectivity index (χ4v) is 4.22. The Kier molecular flexibility index (Phi) is 7.36. The molecule has 3 N–H and O–H groups in total. The molecule has 1 aliphatic heterocycles. The quantitative estimate of drug-likeness (QED) is 0.562. The standard InChI is InChI=1S/C21H25F6N3O2/c22-20(23,24)13-9-14(21(25,26)27)11-16(10-13)29-18(31)8-12-3-5-15(6-4-12)30-19(32)17-2-1-7-28-17/h9-12,15,17,28H,1-8H2,(H,29,31)(H,30,32)/t12?,15?,17-/m1/s1. The van der Waals surface area contributed by atoms with Crippen molar-refractivity contribution in [3.63, 3.8) is 0 Å². The van der Waals surface area contributed by atoms with Gasteiger partial charge in [0.2, 0.25) is 11.8 Å². The van der Waals surface area contributed by atoms with Crippen LogP contribution in [0, 0.1) is 5.92 Å². The van der Waals surface area contributed by atoms with Crippen molar-refractivity contribution in [2.45, 2.75) is 69.4 Å². The van der Waals surface area contributed by atoms with Gasteiger partial charge in [-0.05, 0) is 69.2 Å². The highest BCUT2D eigenvalue weighted by Crippen LogP contribution is 2.37. The van der Waals surface area contributed by atoms with Crippen LogP contribution in [0.1, 0.15) is 56.1 Å². The zero-order chi connectivity index (χ0) is 23.5. The molecular weight excluding hydrogens is 440 g/mol. The molecule has 0 spiro atoms. The highest BCUT2D eigenvalue weighted by atomic mass is 19.4. The molecule has 3 rings (SSSR count). The molecule has 11 heteroatoms. The molecule has 1 aliphatic carbocycles. The van der Waals surface area contributed by atoms with Crippen LogP contribution in [-0.2, 0) is 21.9 Å². The monoisotopic (exact) mass is 465 g/mol. The van der Waals surface area contributed by atoms with Crippen molar-refractivity contribution in [1.82, 2.24) is 10.6 Å². The molecular formula is C21H25F6N3O2. The van der Waals surface area contributed by atoms with Crippen molar-refractivity contribution in [2.24, 2.45) is 5.92 Å². The number of rotatable bonds is 5. The van der Waals surface area contributed by atoms with Crippen molar-refractivity contribution >= 4 is 17.5 Å². The van der Waals surface area contributed by atoms with Crippen LogP contribution in [0.25, 0.3) is 0 Å². The van der Waals surface area contributed by atoms with Crippen LogP contribution in [0.3, 0.4) is 0 Å². The molecule has 32 heavy (non-hydrogen) atoms. The maximum Gasteiger partial charge on any atom is 0.416 e. The van der Waals surface area contributed by atoms with E-state index in [0.717, 1.165) is 19.4 Å². The van der Waals surface area contributed by atoms with Gasteiger partial charge < -0.3 is 16.0 Å². The van der Waals surface area contributed by atoms with E-state index in [1.165, 1.54) is 0 Å². The molecule has 1 saturated carbocycles. The number of benzene rings is 1. The first-order chi connectivity index (χ1) is 14.9. The van der Waals surface area contributed by atoms with E-state index < -0.39 is 35.1 Å². The first-order valence-corrected chi connectivity index (χ1v) is 10.5. The molecule has 1 aromatic rings. The van der Waals surface area contributed by atoms with Crippen LogP contribution >= 0.6 is 0 Å². The summed E-state index contributed by atoms with van der Waals surface area (Å²) in [5.74, 6) is -0.727. The normalized spacial score (nSPS) is 24.2. The highest BCUT2D eigenvalue weighted by molar-refractivity contribution is 5.91. The van der Waals surface area contributed by atoms with Gasteiger partial charge in [-0.3, -0.25) is 9.59 Å². The van der Waals surface area contributed by atoms with E-state index in [9.17, 15) is 35.9 Å². The maximum absolute atomic E-state index is 13.0. The van der Waals surface area contributed by atoms with Crippen molar-refractivity contribution in [3.8, 4) is 0 Å². The van der Waals surface area contributed by atoms with E-state index in [4.69, 9.17) is 0 Å². The van der Waals surface area contributed by atoms with Crippen LogP contribution in [0.4, 0.5) is 32.0 Å². The first-order valence-electron chi connectivity index (χ1n) is 10.5. The van der Waals surface area contributed by atoms with E-state index in [0.29, 0.717) is 37.8 Å². The predicted octanol–water partition coefficient (Wildman–Crippen LogP) is 4.48. The second kappa shape index (κ2) is 9.68. The molecule has 0 unspecified atom stereocenters. The van der Waals surface area contributed by atoms with Gasteiger partial charge in [-0.1, -0.05) is 0 Å². The zero-order valence-corrected chi connectivity index (χ0v) is 17.2. The number of hydrogen-bond donors (Lipinski definition) is 3. The van der Waals surface area contributed by atoms with Crippen LogP contribution in [0.2, 0.25) is 0 Å². The Morgan fingerprint density at radius 1 is 0.906 bits per heavy atom. The lowest BCUT2D eigenvalue weighted by Gasteiger charge is -2.29. The number of hydrogen-bond acceptors (Lipinski definition) is 3. The molecule has 0 radical (unpaired) electrons. The summed E-state index contributed by atoms with van der Waals surface area (Å²) >= 11 is 0. The number of carbonyl (C=O) groups excluding carboxylic acids is 2. The van der Waals surface area contributed by atoms with Gasteiger partial charge in [0, 0.05) is 18.2 Å². The smallest absolute Gasteiger partial charge is 0.352 e. The number of anilines is 1. The van der Waals surface area contributed by atoms with Gasteiger partial charge in [0.05, 0.1) is 17.2 Å². The van der Waals surface area contributed by atoms with Crippen molar-refractivity contribution in [2.75, 3.05) is 11.9 Å². The van der Waals surface area contributed by atoms with E-state index >= 15 is 0 Å². The predicted molar refractivity (Wildman–Crippen MR) is 105 cm³/mol. The Labute approximate surface area is 181 Å². The van der Waals surface area contributed by atoms with Gasteiger partial charge in [-0.25, -0.2) is 0 Å². The number of alkyl halides is 6. The Morgan fingerprint density at radius 2 is 1.50 bits per heavy atom. The lowest BCUT2D eigenvalue weighted by atomic mass is 9.84. The lowest BCUT2D eigenvalue weighted by molar-refractivity contribution is -0.143. The first kappa shape index (κ1) is 24.3. The average Bonchev–Trinajstić information content (AvgIpc) is 3.23. The Hall–Kier alpha value is -2.30. The largest absolute Gasteiger partial charge is 0.416 e. The third kappa shape index (κ3) is 6.60. The van der Waals surface area contributed by atoms with Gasteiger partial charge in [-0.15, -0.1) is 0 Å². The molecule has 0 aromatic heterocycles. The number of carbonyl (C=O) groups is 2. The summed E-state index contributed by atoms with van der Waals surface area (Å²) in [6.07, 6.45) is -5.61. The summed E-state index contributed by atoms with van der Waals surface area (Å²) in [4.78, 5) is 24.5. The molecule has 1 aromatic carbocycles. The Morgan fingerprint density at radius 3 is 2.00 bits per heavy atom. The van der Waals surface area contributed by atoms with Gasteiger partial charge in [0.25, 0.3) is 0 Å². The van der Waals surface area contributed by atoms with Crippen LogP contribution in [0.5, 0.6) is 0 Å².